The molecule has 140 valence electrons. The molecule has 1 N–H and O–H groups in total. The van der Waals surface area contributed by atoms with Gasteiger partial charge in [0.1, 0.15) is 17.2 Å². The van der Waals surface area contributed by atoms with Crippen molar-refractivity contribution in [3.05, 3.63) is 48.0 Å². The van der Waals surface area contributed by atoms with Gasteiger partial charge < -0.3 is 14.2 Å². The first kappa shape index (κ1) is 18.8. The Morgan fingerprint density at radius 1 is 1.00 bits per heavy atom. The highest BCUT2D eigenvalue weighted by Gasteiger charge is 2.15. The number of aromatic nitrogens is 3. The van der Waals surface area contributed by atoms with Gasteiger partial charge in [0.25, 0.3) is 0 Å². The number of ketones is 1. The Balaban J connectivity index is 1.66. The Morgan fingerprint density at radius 2 is 1.70 bits per heavy atom. The third kappa shape index (κ3) is 4.40. The highest BCUT2D eigenvalue weighted by atomic mass is 32.2. The van der Waals surface area contributed by atoms with Crippen molar-refractivity contribution in [1.29, 1.82) is 0 Å². The number of nitrogens with zero attached hydrogens (tertiary/aromatic N) is 2. The van der Waals surface area contributed by atoms with Gasteiger partial charge in [0.2, 0.25) is 5.16 Å². The van der Waals surface area contributed by atoms with E-state index in [2.05, 4.69) is 15.2 Å². The van der Waals surface area contributed by atoms with E-state index in [1.165, 1.54) is 18.9 Å². The van der Waals surface area contributed by atoms with E-state index >= 15 is 0 Å². The summed E-state index contributed by atoms with van der Waals surface area (Å²) in [6.45, 7) is 0. The largest absolute Gasteiger partial charge is 0.497 e. The van der Waals surface area contributed by atoms with Crippen LogP contribution in [0.4, 0.5) is 0 Å². The lowest BCUT2D eigenvalue weighted by atomic mass is 10.1. The molecule has 0 atom stereocenters. The fourth-order valence-electron chi connectivity index (χ4n) is 2.43. The number of hydrogen-bond acceptors (Lipinski definition) is 7. The van der Waals surface area contributed by atoms with Gasteiger partial charge in [0, 0.05) is 11.6 Å². The Hall–Kier alpha value is -3.00. The summed E-state index contributed by atoms with van der Waals surface area (Å²) in [5.74, 6) is 2.64. The van der Waals surface area contributed by atoms with Crippen molar-refractivity contribution >= 4 is 17.5 Å². The fraction of sp³-hybridized carbons (Fsp3) is 0.211. The van der Waals surface area contributed by atoms with E-state index in [-0.39, 0.29) is 11.5 Å². The molecule has 1 heterocycles. The first-order valence-corrected chi connectivity index (χ1v) is 9.08. The third-order valence-electron chi connectivity index (χ3n) is 3.87. The maximum atomic E-state index is 12.5. The van der Waals surface area contributed by atoms with E-state index in [4.69, 9.17) is 14.2 Å². The van der Waals surface area contributed by atoms with Crippen LogP contribution in [0.1, 0.15) is 10.4 Å². The molecule has 3 rings (SSSR count). The SMILES string of the molecule is COc1ccc(-c2nc(SCC(=O)c3ccc(OC)cc3OC)n[nH]2)cc1. The summed E-state index contributed by atoms with van der Waals surface area (Å²) in [5, 5.41) is 7.55. The lowest BCUT2D eigenvalue weighted by Gasteiger charge is -2.08. The van der Waals surface area contributed by atoms with Gasteiger partial charge >= 0.3 is 0 Å². The van der Waals surface area contributed by atoms with Crippen LogP contribution in [0.5, 0.6) is 17.2 Å². The lowest BCUT2D eigenvalue weighted by Crippen LogP contribution is -2.05. The van der Waals surface area contributed by atoms with Crippen molar-refractivity contribution in [2.75, 3.05) is 27.1 Å². The van der Waals surface area contributed by atoms with E-state index in [0.717, 1.165) is 11.3 Å². The summed E-state index contributed by atoms with van der Waals surface area (Å²) >= 11 is 1.26. The number of nitrogens with one attached hydrogen (secondary N) is 1. The Labute approximate surface area is 161 Å². The van der Waals surface area contributed by atoms with Crippen LogP contribution in [-0.4, -0.2) is 48.0 Å². The minimum Gasteiger partial charge on any atom is -0.497 e. The highest BCUT2D eigenvalue weighted by molar-refractivity contribution is 7.99. The average molecular weight is 385 g/mol. The van der Waals surface area contributed by atoms with Gasteiger partial charge in [-0.05, 0) is 36.4 Å². The van der Waals surface area contributed by atoms with Gasteiger partial charge in [-0.25, -0.2) is 4.98 Å². The fourth-order valence-corrected chi connectivity index (χ4v) is 3.11. The lowest BCUT2D eigenvalue weighted by molar-refractivity contribution is 0.101. The monoisotopic (exact) mass is 385 g/mol. The quantitative estimate of drug-likeness (QED) is 0.469. The maximum Gasteiger partial charge on any atom is 0.209 e. The molecule has 0 aliphatic heterocycles. The van der Waals surface area contributed by atoms with Crippen LogP contribution in [0.15, 0.2) is 47.6 Å². The van der Waals surface area contributed by atoms with Crippen LogP contribution >= 0.6 is 11.8 Å². The molecular weight excluding hydrogens is 366 g/mol. The molecule has 8 heteroatoms. The average Bonchev–Trinajstić information content (AvgIpc) is 3.20. The molecule has 1 aromatic heterocycles. The highest BCUT2D eigenvalue weighted by Crippen LogP contribution is 2.27. The molecule has 0 aliphatic rings. The molecule has 0 radical (unpaired) electrons. The minimum absolute atomic E-state index is 0.0738. The van der Waals surface area contributed by atoms with E-state index in [1.807, 2.05) is 24.3 Å². The van der Waals surface area contributed by atoms with Crippen LogP contribution in [0.2, 0.25) is 0 Å². The van der Waals surface area contributed by atoms with Crippen molar-refractivity contribution in [3.63, 3.8) is 0 Å². The van der Waals surface area contributed by atoms with Crippen molar-refractivity contribution in [1.82, 2.24) is 15.2 Å². The molecule has 0 fully saturated rings. The van der Waals surface area contributed by atoms with Crippen molar-refractivity contribution < 1.29 is 19.0 Å². The number of carbonyl (C=O) groups excluding carboxylic acids is 1. The van der Waals surface area contributed by atoms with Gasteiger partial charge in [-0.3, -0.25) is 9.89 Å². The zero-order valence-electron chi connectivity index (χ0n) is 15.2. The summed E-state index contributed by atoms with van der Waals surface area (Å²) < 4.78 is 15.6. The molecule has 0 saturated carbocycles. The zero-order valence-corrected chi connectivity index (χ0v) is 16.0. The van der Waals surface area contributed by atoms with E-state index in [9.17, 15) is 4.79 Å². The first-order chi connectivity index (χ1) is 13.1. The molecule has 0 amide bonds. The number of ether oxygens (including phenoxy) is 3. The van der Waals surface area contributed by atoms with Gasteiger partial charge in [0.15, 0.2) is 11.6 Å². The molecule has 0 spiro atoms. The molecule has 2 aromatic carbocycles. The number of H-pyrrole nitrogens is 1. The topological polar surface area (TPSA) is 86.3 Å². The Bertz CT molecular complexity index is 925. The number of methoxy groups -OCH3 is 3. The molecule has 7 nitrogen and oxygen atoms in total. The smallest absolute Gasteiger partial charge is 0.209 e. The standard InChI is InChI=1S/C19H19N3O4S/c1-24-13-6-4-12(5-7-13)18-20-19(22-21-18)27-11-16(23)15-9-8-14(25-2)10-17(15)26-3/h4-10H,11H2,1-3H3,(H,20,21,22). The Kier molecular flexibility index (Phi) is 5.97. The molecule has 0 aliphatic carbocycles. The molecule has 3 aromatic rings. The number of Topliss-reactive ketones (excluding diaryl/α,β-unsaturated/α-hetero) is 1. The predicted octanol–water partition coefficient (Wildman–Crippen LogP) is 3.47. The van der Waals surface area contributed by atoms with E-state index in [1.54, 1.807) is 32.4 Å². The Morgan fingerprint density at radius 3 is 2.37 bits per heavy atom. The van der Waals surface area contributed by atoms with Gasteiger partial charge in [-0.1, -0.05) is 11.8 Å². The second-order valence-electron chi connectivity index (χ2n) is 5.47. The summed E-state index contributed by atoms with van der Waals surface area (Å²) in [5.41, 5.74) is 1.38. The predicted molar refractivity (Wildman–Crippen MR) is 103 cm³/mol. The minimum atomic E-state index is -0.0738. The van der Waals surface area contributed by atoms with Crippen LogP contribution in [-0.2, 0) is 0 Å². The molecule has 0 bridgehead atoms. The summed E-state index contributed by atoms with van der Waals surface area (Å²) in [6.07, 6.45) is 0. The normalized spacial score (nSPS) is 10.5. The van der Waals surface area contributed by atoms with Crippen molar-refractivity contribution in [2.24, 2.45) is 0 Å². The maximum absolute atomic E-state index is 12.5. The second-order valence-corrected chi connectivity index (χ2v) is 6.42. The number of rotatable bonds is 8. The summed E-state index contributed by atoms with van der Waals surface area (Å²) in [6, 6.07) is 12.6. The zero-order chi connectivity index (χ0) is 19.2. The molecule has 0 unspecified atom stereocenters. The van der Waals surface area contributed by atoms with Crippen molar-refractivity contribution in [3.8, 4) is 28.6 Å². The molecule has 27 heavy (non-hydrogen) atoms. The van der Waals surface area contributed by atoms with E-state index < -0.39 is 0 Å². The van der Waals surface area contributed by atoms with Crippen LogP contribution < -0.4 is 14.2 Å². The van der Waals surface area contributed by atoms with Gasteiger partial charge in [-0.2, -0.15) is 0 Å². The number of benzene rings is 2. The number of aromatic amines is 1. The van der Waals surface area contributed by atoms with E-state index in [0.29, 0.717) is 28.0 Å². The van der Waals surface area contributed by atoms with Crippen LogP contribution in [0.25, 0.3) is 11.4 Å². The summed E-state index contributed by atoms with van der Waals surface area (Å²) in [7, 11) is 4.71. The molecule has 0 saturated heterocycles. The molecular formula is C19H19N3O4S. The third-order valence-corrected chi connectivity index (χ3v) is 4.72. The second kappa shape index (κ2) is 8.59. The summed E-state index contributed by atoms with van der Waals surface area (Å²) in [4.78, 5) is 16.9. The van der Waals surface area contributed by atoms with Gasteiger partial charge in [0.05, 0.1) is 32.6 Å². The van der Waals surface area contributed by atoms with Crippen LogP contribution in [0.3, 0.4) is 0 Å². The number of hydrogen-bond donors (Lipinski definition) is 1. The van der Waals surface area contributed by atoms with Crippen LogP contribution in [0, 0.1) is 0 Å². The number of thioether (sulfide) groups is 1. The first-order valence-electron chi connectivity index (χ1n) is 8.09. The van der Waals surface area contributed by atoms with Gasteiger partial charge in [-0.15, -0.1) is 5.10 Å². The number of carbonyl (C=O) groups is 1. The van der Waals surface area contributed by atoms with Crippen molar-refractivity contribution in [2.45, 2.75) is 5.16 Å².